The smallest absolute Gasteiger partial charge is 0.307 e. The van der Waals surface area contributed by atoms with E-state index in [1.54, 1.807) is 31.2 Å². The maximum atomic E-state index is 12.0. The fraction of sp³-hybridized carbons (Fsp3) is 0.400. The maximum absolute atomic E-state index is 12.0. The Bertz CT molecular complexity index is 544. The van der Waals surface area contributed by atoms with Crippen molar-refractivity contribution in [2.75, 3.05) is 5.32 Å². The van der Waals surface area contributed by atoms with Gasteiger partial charge in [0.1, 0.15) is 6.04 Å². The second kappa shape index (κ2) is 6.39. The summed E-state index contributed by atoms with van der Waals surface area (Å²) in [5, 5.41) is 14.2. The molecular formula is C15H18N2O4. The van der Waals surface area contributed by atoms with Crippen molar-refractivity contribution in [2.45, 2.75) is 25.8 Å². The monoisotopic (exact) mass is 290 g/mol. The van der Waals surface area contributed by atoms with Gasteiger partial charge in [0.2, 0.25) is 11.8 Å². The zero-order chi connectivity index (χ0) is 15.4. The van der Waals surface area contributed by atoms with Crippen LogP contribution in [0.4, 0.5) is 5.69 Å². The summed E-state index contributed by atoms with van der Waals surface area (Å²) < 4.78 is 0. The van der Waals surface area contributed by atoms with Crippen molar-refractivity contribution >= 4 is 23.5 Å². The van der Waals surface area contributed by atoms with Crippen molar-refractivity contribution < 1.29 is 19.5 Å². The van der Waals surface area contributed by atoms with Crippen LogP contribution >= 0.6 is 0 Å². The first kappa shape index (κ1) is 15.0. The Morgan fingerprint density at radius 3 is 2.29 bits per heavy atom. The Kier molecular flexibility index (Phi) is 4.57. The van der Waals surface area contributed by atoms with Crippen molar-refractivity contribution in [1.29, 1.82) is 0 Å². The van der Waals surface area contributed by atoms with E-state index in [0.717, 1.165) is 0 Å². The minimum absolute atomic E-state index is 0.333. The molecule has 1 aliphatic carbocycles. The fourth-order valence-corrected chi connectivity index (χ4v) is 2.27. The third-order valence-corrected chi connectivity index (χ3v) is 3.72. The second-order valence-corrected chi connectivity index (χ2v) is 5.21. The lowest BCUT2D eigenvalue weighted by Crippen LogP contribution is -2.49. The number of carbonyl (C=O) groups excluding carboxylic acids is 2. The predicted octanol–water partition coefficient (Wildman–Crippen LogP) is 1.24. The van der Waals surface area contributed by atoms with Gasteiger partial charge < -0.3 is 15.7 Å². The topological polar surface area (TPSA) is 95.5 Å². The van der Waals surface area contributed by atoms with Gasteiger partial charge in [-0.3, -0.25) is 14.4 Å². The number of amides is 2. The molecule has 0 bridgehead atoms. The first-order valence-electron chi connectivity index (χ1n) is 6.88. The van der Waals surface area contributed by atoms with Gasteiger partial charge in [0, 0.05) is 5.69 Å². The minimum atomic E-state index is -0.956. The van der Waals surface area contributed by atoms with Crippen molar-refractivity contribution in [3.8, 4) is 0 Å². The molecule has 0 radical (unpaired) electrons. The molecule has 3 N–H and O–H groups in total. The number of carbonyl (C=O) groups is 3. The lowest BCUT2D eigenvalue weighted by Gasteiger charge is -2.32. The van der Waals surface area contributed by atoms with Crippen molar-refractivity contribution in [2.24, 2.45) is 11.8 Å². The molecule has 1 aromatic rings. The van der Waals surface area contributed by atoms with Crippen LogP contribution in [-0.2, 0) is 14.4 Å². The van der Waals surface area contributed by atoms with E-state index in [-0.39, 0.29) is 11.8 Å². The Morgan fingerprint density at radius 1 is 1.14 bits per heavy atom. The highest BCUT2D eigenvalue weighted by atomic mass is 16.4. The average molecular weight is 290 g/mol. The van der Waals surface area contributed by atoms with Gasteiger partial charge in [-0.2, -0.15) is 0 Å². The lowest BCUT2D eigenvalue weighted by molar-refractivity contribution is -0.153. The number of benzene rings is 1. The van der Waals surface area contributed by atoms with Gasteiger partial charge in [0.25, 0.3) is 0 Å². The second-order valence-electron chi connectivity index (χ2n) is 5.21. The quantitative estimate of drug-likeness (QED) is 0.760. The van der Waals surface area contributed by atoms with Crippen LogP contribution in [0.15, 0.2) is 30.3 Å². The van der Waals surface area contributed by atoms with Crippen LogP contribution in [0.3, 0.4) is 0 Å². The molecule has 1 aliphatic rings. The van der Waals surface area contributed by atoms with Crippen LogP contribution < -0.4 is 10.6 Å². The zero-order valence-electron chi connectivity index (χ0n) is 11.7. The van der Waals surface area contributed by atoms with E-state index in [2.05, 4.69) is 10.6 Å². The van der Waals surface area contributed by atoms with Gasteiger partial charge in [-0.05, 0) is 31.9 Å². The number of hydrogen-bond donors (Lipinski definition) is 3. The number of hydrogen-bond acceptors (Lipinski definition) is 3. The summed E-state index contributed by atoms with van der Waals surface area (Å²) in [5.74, 6) is -2.82. The summed E-state index contributed by atoms with van der Waals surface area (Å²) in [6.07, 6.45) is 1.06. The van der Waals surface area contributed by atoms with E-state index < -0.39 is 23.8 Å². The van der Waals surface area contributed by atoms with Crippen LogP contribution in [0.5, 0.6) is 0 Å². The van der Waals surface area contributed by atoms with E-state index >= 15 is 0 Å². The molecule has 2 amide bonds. The lowest BCUT2D eigenvalue weighted by atomic mass is 9.73. The molecule has 0 saturated heterocycles. The third kappa shape index (κ3) is 3.59. The number of carboxylic acid groups (broad SMARTS) is 1. The summed E-state index contributed by atoms with van der Waals surface area (Å²) in [6.45, 7) is 1.57. The molecule has 3 unspecified atom stereocenters. The molecule has 0 aromatic heterocycles. The molecular weight excluding hydrogens is 272 g/mol. The predicted molar refractivity (Wildman–Crippen MR) is 76.5 cm³/mol. The fourth-order valence-electron chi connectivity index (χ4n) is 2.27. The number of nitrogens with one attached hydrogen (secondary N) is 2. The molecule has 21 heavy (non-hydrogen) atoms. The minimum Gasteiger partial charge on any atom is -0.481 e. The number of carboxylic acids is 1. The van der Waals surface area contributed by atoms with Crippen LogP contribution in [0, 0.1) is 11.8 Å². The van der Waals surface area contributed by atoms with Crippen molar-refractivity contribution in [1.82, 2.24) is 5.32 Å². The average Bonchev–Trinajstić information content (AvgIpc) is 2.37. The zero-order valence-corrected chi connectivity index (χ0v) is 11.7. The molecule has 2 rings (SSSR count). The van der Waals surface area contributed by atoms with Crippen molar-refractivity contribution in [3.05, 3.63) is 30.3 Å². The molecule has 0 aliphatic heterocycles. The first-order valence-corrected chi connectivity index (χ1v) is 6.88. The molecule has 3 atom stereocenters. The number of aliphatic carboxylic acids is 1. The Balaban J connectivity index is 1.86. The number of rotatable bonds is 5. The Labute approximate surface area is 122 Å². The summed E-state index contributed by atoms with van der Waals surface area (Å²) in [6, 6.07) is 8.21. The maximum Gasteiger partial charge on any atom is 0.307 e. The molecule has 0 spiro atoms. The SMILES string of the molecule is CC(NC(=O)C1CCC1C(=O)O)C(=O)Nc1ccccc1. The van der Waals surface area contributed by atoms with E-state index in [9.17, 15) is 14.4 Å². The Hall–Kier alpha value is -2.37. The number of anilines is 1. The molecule has 1 aromatic carbocycles. The van der Waals surface area contributed by atoms with E-state index in [1.165, 1.54) is 0 Å². The first-order chi connectivity index (χ1) is 9.99. The summed E-state index contributed by atoms with van der Waals surface area (Å²) in [4.78, 5) is 34.8. The van der Waals surface area contributed by atoms with Crippen molar-refractivity contribution in [3.63, 3.8) is 0 Å². The standard InChI is InChI=1S/C15H18N2O4/c1-9(13(18)17-10-5-3-2-4-6-10)16-14(19)11-7-8-12(11)15(20)21/h2-6,9,11-12H,7-8H2,1H3,(H,16,19)(H,17,18)(H,20,21). The van der Waals surface area contributed by atoms with Crippen LogP contribution in [0.2, 0.25) is 0 Å². The summed E-state index contributed by atoms with van der Waals surface area (Å²) in [7, 11) is 0. The van der Waals surface area contributed by atoms with Gasteiger partial charge in [-0.1, -0.05) is 18.2 Å². The van der Waals surface area contributed by atoms with Gasteiger partial charge in [-0.25, -0.2) is 0 Å². The highest BCUT2D eigenvalue weighted by Crippen LogP contribution is 2.34. The van der Waals surface area contributed by atoms with Crippen LogP contribution in [-0.4, -0.2) is 28.9 Å². The Morgan fingerprint density at radius 2 is 1.76 bits per heavy atom. The van der Waals surface area contributed by atoms with Gasteiger partial charge in [-0.15, -0.1) is 0 Å². The highest BCUT2D eigenvalue weighted by Gasteiger charge is 2.41. The van der Waals surface area contributed by atoms with Gasteiger partial charge >= 0.3 is 5.97 Å². The largest absolute Gasteiger partial charge is 0.481 e. The van der Waals surface area contributed by atoms with Gasteiger partial charge in [0.05, 0.1) is 11.8 Å². The van der Waals surface area contributed by atoms with E-state index in [4.69, 9.17) is 5.11 Å². The summed E-state index contributed by atoms with van der Waals surface area (Å²) >= 11 is 0. The van der Waals surface area contributed by atoms with Crippen LogP contribution in [0.25, 0.3) is 0 Å². The molecule has 6 heteroatoms. The molecule has 1 fully saturated rings. The number of para-hydroxylation sites is 1. The van der Waals surface area contributed by atoms with Gasteiger partial charge in [0.15, 0.2) is 0 Å². The third-order valence-electron chi connectivity index (χ3n) is 3.72. The van der Waals surface area contributed by atoms with E-state index in [0.29, 0.717) is 18.5 Å². The molecule has 112 valence electrons. The molecule has 6 nitrogen and oxygen atoms in total. The normalized spacial score (nSPS) is 21.8. The summed E-state index contributed by atoms with van der Waals surface area (Å²) in [5.41, 5.74) is 0.649. The highest BCUT2D eigenvalue weighted by molar-refractivity contribution is 5.97. The van der Waals surface area contributed by atoms with Crippen LogP contribution in [0.1, 0.15) is 19.8 Å². The molecule has 1 saturated carbocycles. The molecule has 0 heterocycles. The van der Waals surface area contributed by atoms with E-state index in [1.807, 2.05) is 6.07 Å².